The highest BCUT2D eigenvalue weighted by Gasteiger charge is 2.30. The lowest BCUT2D eigenvalue weighted by molar-refractivity contribution is -0.141. The summed E-state index contributed by atoms with van der Waals surface area (Å²) in [5.41, 5.74) is 1.74. The van der Waals surface area contributed by atoms with Gasteiger partial charge in [0.1, 0.15) is 0 Å². The van der Waals surface area contributed by atoms with E-state index in [0.717, 1.165) is 0 Å². The first kappa shape index (κ1) is 26.4. The molecule has 0 saturated heterocycles. The fourth-order valence-corrected chi connectivity index (χ4v) is 3.77. The first-order chi connectivity index (χ1) is 17.2. The van der Waals surface area contributed by atoms with Crippen molar-refractivity contribution in [2.75, 3.05) is 32.6 Å². The topological polar surface area (TPSA) is 145 Å². The number of nitrogens with one attached hydrogen (secondary N) is 2. The Labute approximate surface area is 207 Å². The van der Waals surface area contributed by atoms with Crippen molar-refractivity contribution in [2.45, 2.75) is 25.7 Å². The van der Waals surface area contributed by atoms with E-state index in [1.807, 2.05) is 0 Å². The summed E-state index contributed by atoms with van der Waals surface area (Å²) < 4.78 is 9.04. The number of amides is 1. The molecule has 188 valence electrons. The van der Waals surface area contributed by atoms with E-state index in [2.05, 4.69) is 20.1 Å². The number of ether oxygens (including phenoxy) is 2. The summed E-state index contributed by atoms with van der Waals surface area (Å²) in [7, 11) is 2.53. The number of carbonyl (C=O) groups excluding carboxylic acids is 6. The minimum atomic E-state index is -0.486. The monoisotopic (exact) mass is 494 g/mol. The first-order valence-electron chi connectivity index (χ1n) is 11.3. The SMILES string of the molecule is COC(=O)CCCC(=O)Nc1ccc2c(c1)C(=O)c1ccc(CC(=O)CNCC(=O)OC)cc1C2=O. The van der Waals surface area contributed by atoms with E-state index < -0.39 is 11.9 Å². The average Bonchev–Trinajstić information content (AvgIpc) is 2.86. The zero-order valence-corrected chi connectivity index (χ0v) is 20.0. The molecule has 0 heterocycles. The molecule has 0 aliphatic heterocycles. The summed E-state index contributed by atoms with van der Waals surface area (Å²) in [6, 6.07) is 9.14. The lowest BCUT2D eigenvalue weighted by atomic mass is 9.82. The van der Waals surface area contributed by atoms with Gasteiger partial charge in [0, 0.05) is 47.2 Å². The molecule has 10 nitrogen and oxygen atoms in total. The summed E-state index contributed by atoms with van der Waals surface area (Å²) in [4.78, 5) is 72.9. The molecule has 0 spiro atoms. The van der Waals surface area contributed by atoms with Gasteiger partial charge in [0.25, 0.3) is 0 Å². The Morgan fingerprint density at radius 1 is 0.750 bits per heavy atom. The fourth-order valence-electron chi connectivity index (χ4n) is 3.77. The molecular formula is C26H26N2O8. The van der Waals surface area contributed by atoms with Crippen molar-refractivity contribution in [3.05, 3.63) is 64.2 Å². The maximum Gasteiger partial charge on any atom is 0.319 e. The number of fused-ring (bicyclic) bond motifs is 2. The van der Waals surface area contributed by atoms with Gasteiger partial charge in [-0.1, -0.05) is 12.1 Å². The number of Topliss-reactive ketones (excluding diaryl/α,β-unsaturated/α-hetero) is 1. The van der Waals surface area contributed by atoms with E-state index in [1.165, 1.54) is 44.6 Å². The van der Waals surface area contributed by atoms with Crippen LogP contribution in [0, 0.1) is 0 Å². The van der Waals surface area contributed by atoms with Gasteiger partial charge in [0.2, 0.25) is 5.91 Å². The number of hydrogen-bond donors (Lipinski definition) is 2. The van der Waals surface area contributed by atoms with Gasteiger partial charge in [-0.15, -0.1) is 0 Å². The molecule has 36 heavy (non-hydrogen) atoms. The fraction of sp³-hybridized carbons (Fsp3) is 0.308. The van der Waals surface area contributed by atoms with Crippen molar-refractivity contribution in [3.63, 3.8) is 0 Å². The highest BCUT2D eigenvalue weighted by atomic mass is 16.5. The highest BCUT2D eigenvalue weighted by molar-refractivity contribution is 6.28. The predicted molar refractivity (Wildman–Crippen MR) is 128 cm³/mol. The Bertz CT molecular complexity index is 1140. The second-order valence-corrected chi connectivity index (χ2v) is 8.17. The average molecular weight is 495 g/mol. The van der Waals surface area contributed by atoms with Gasteiger partial charge in [0.15, 0.2) is 17.3 Å². The molecule has 0 radical (unpaired) electrons. The Hall–Kier alpha value is -4.18. The van der Waals surface area contributed by atoms with Crippen LogP contribution in [-0.4, -0.2) is 62.5 Å². The van der Waals surface area contributed by atoms with Crippen LogP contribution in [0.25, 0.3) is 0 Å². The van der Waals surface area contributed by atoms with Gasteiger partial charge in [-0.3, -0.25) is 28.8 Å². The molecule has 0 aromatic heterocycles. The van der Waals surface area contributed by atoms with E-state index in [9.17, 15) is 28.8 Å². The van der Waals surface area contributed by atoms with Gasteiger partial charge in [-0.05, 0) is 36.2 Å². The van der Waals surface area contributed by atoms with Crippen molar-refractivity contribution in [1.29, 1.82) is 0 Å². The second kappa shape index (κ2) is 12.0. The van der Waals surface area contributed by atoms with Crippen LogP contribution in [0.2, 0.25) is 0 Å². The Kier molecular flexibility index (Phi) is 8.80. The maximum atomic E-state index is 13.1. The van der Waals surface area contributed by atoms with E-state index in [1.54, 1.807) is 6.07 Å². The summed E-state index contributed by atoms with van der Waals surface area (Å²) in [5.74, 6) is -2.12. The molecule has 1 aliphatic carbocycles. The normalized spacial score (nSPS) is 11.8. The van der Waals surface area contributed by atoms with E-state index in [4.69, 9.17) is 0 Å². The Morgan fingerprint density at radius 2 is 1.39 bits per heavy atom. The molecule has 10 heteroatoms. The van der Waals surface area contributed by atoms with Gasteiger partial charge in [-0.25, -0.2) is 0 Å². The molecule has 0 saturated carbocycles. The lowest BCUT2D eigenvalue weighted by Gasteiger charge is -2.19. The summed E-state index contributed by atoms with van der Waals surface area (Å²) >= 11 is 0. The Morgan fingerprint density at radius 3 is 2.06 bits per heavy atom. The summed E-state index contributed by atoms with van der Waals surface area (Å²) in [6.45, 7) is -0.134. The van der Waals surface area contributed by atoms with Crippen LogP contribution in [0.15, 0.2) is 36.4 Å². The largest absolute Gasteiger partial charge is 0.469 e. The number of ketones is 3. The molecule has 1 aliphatic rings. The lowest BCUT2D eigenvalue weighted by Crippen LogP contribution is -2.30. The molecule has 0 fully saturated rings. The second-order valence-electron chi connectivity index (χ2n) is 8.17. The summed E-state index contributed by atoms with van der Waals surface area (Å²) in [6.07, 6.45) is 0.564. The zero-order chi connectivity index (χ0) is 26.2. The van der Waals surface area contributed by atoms with Gasteiger partial charge < -0.3 is 20.1 Å². The van der Waals surface area contributed by atoms with Crippen molar-refractivity contribution in [1.82, 2.24) is 5.32 Å². The van der Waals surface area contributed by atoms with Gasteiger partial charge in [-0.2, -0.15) is 0 Å². The number of methoxy groups -OCH3 is 2. The van der Waals surface area contributed by atoms with Crippen molar-refractivity contribution in [2.24, 2.45) is 0 Å². The number of anilines is 1. The first-order valence-corrected chi connectivity index (χ1v) is 11.3. The Balaban J connectivity index is 1.68. The molecule has 0 unspecified atom stereocenters. The minimum absolute atomic E-state index is 0.0245. The molecule has 0 atom stereocenters. The number of esters is 2. The molecule has 2 aromatic rings. The van der Waals surface area contributed by atoms with Crippen LogP contribution in [0.5, 0.6) is 0 Å². The predicted octanol–water partition coefficient (Wildman–Crippen LogP) is 1.62. The van der Waals surface area contributed by atoms with Gasteiger partial charge >= 0.3 is 11.9 Å². The zero-order valence-electron chi connectivity index (χ0n) is 20.0. The van der Waals surface area contributed by atoms with Gasteiger partial charge in [0.05, 0.1) is 27.3 Å². The smallest absolute Gasteiger partial charge is 0.319 e. The standard InChI is InChI=1S/C26H26N2O8/c1-35-23(31)5-3-4-22(30)28-16-7-9-19-21(12-16)26(34)18-8-6-15(11-20(18)25(19)33)10-17(29)13-27-14-24(32)36-2/h6-9,11-12,27H,3-5,10,13-14H2,1-2H3,(H,28,30). The van der Waals surface area contributed by atoms with Crippen molar-refractivity contribution >= 4 is 40.9 Å². The number of hydrogen-bond acceptors (Lipinski definition) is 9. The maximum absolute atomic E-state index is 13.1. The van der Waals surface area contributed by atoms with Crippen molar-refractivity contribution in [3.8, 4) is 0 Å². The highest BCUT2D eigenvalue weighted by Crippen LogP contribution is 2.30. The van der Waals surface area contributed by atoms with Crippen LogP contribution >= 0.6 is 0 Å². The summed E-state index contributed by atoms with van der Waals surface area (Å²) in [5, 5.41) is 5.36. The number of rotatable bonds is 11. The molecule has 1 amide bonds. The molecule has 0 bridgehead atoms. The number of benzene rings is 2. The van der Waals surface area contributed by atoms with E-state index >= 15 is 0 Å². The molecule has 3 rings (SSSR count). The molecule has 2 aromatic carbocycles. The number of carbonyl (C=O) groups is 6. The minimum Gasteiger partial charge on any atom is -0.469 e. The van der Waals surface area contributed by atoms with Crippen LogP contribution in [0.3, 0.4) is 0 Å². The molecule has 2 N–H and O–H groups in total. The quantitative estimate of drug-likeness (QED) is 0.380. The third-order valence-corrected chi connectivity index (χ3v) is 5.60. The van der Waals surface area contributed by atoms with Crippen LogP contribution in [0.1, 0.15) is 56.7 Å². The van der Waals surface area contributed by atoms with E-state index in [-0.39, 0.29) is 77.9 Å². The van der Waals surface area contributed by atoms with Crippen LogP contribution in [0.4, 0.5) is 5.69 Å². The third kappa shape index (κ3) is 6.48. The van der Waals surface area contributed by atoms with Crippen LogP contribution in [-0.2, 0) is 35.1 Å². The third-order valence-electron chi connectivity index (χ3n) is 5.60. The molecular weight excluding hydrogens is 468 g/mol. The van der Waals surface area contributed by atoms with E-state index in [0.29, 0.717) is 17.7 Å². The van der Waals surface area contributed by atoms with Crippen LogP contribution < -0.4 is 10.6 Å². The van der Waals surface area contributed by atoms with Crippen molar-refractivity contribution < 1.29 is 38.2 Å².